The highest BCUT2D eigenvalue weighted by molar-refractivity contribution is 5.30. The molecule has 3 nitrogen and oxygen atoms in total. The monoisotopic (exact) mass is 234 g/mol. The fourth-order valence-corrected chi connectivity index (χ4v) is 2.83. The van der Waals surface area contributed by atoms with E-state index in [0.717, 1.165) is 12.3 Å². The second-order valence-electron chi connectivity index (χ2n) is 4.81. The van der Waals surface area contributed by atoms with Crippen molar-refractivity contribution in [1.29, 1.82) is 0 Å². The molecule has 0 bridgehead atoms. The molecule has 1 aromatic carbocycles. The predicted octanol–water partition coefficient (Wildman–Crippen LogP) is 1.91. The Hall–Kier alpha value is -1.06. The van der Waals surface area contributed by atoms with Crippen LogP contribution in [-0.4, -0.2) is 39.2 Å². The molecular formula is C14H22N2O. The molecular weight excluding hydrogens is 212 g/mol. The molecule has 0 aliphatic carbocycles. The van der Waals surface area contributed by atoms with Crippen molar-refractivity contribution in [3.8, 4) is 5.75 Å². The SMILES string of the molecule is CNCC1CCN(C)C1c1ccc(OC)cc1. The van der Waals surface area contributed by atoms with E-state index in [2.05, 4.69) is 41.5 Å². The van der Waals surface area contributed by atoms with E-state index in [4.69, 9.17) is 4.74 Å². The van der Waals surface area contributed by atoms with Crippen molar-refractivity contribution in [3.63, 3.8) is 0 Å². The highest BCUT2D eigenvalue weighted by atomic mass is 16.5. The van der Waals surface area contributed by atoms with E-state index < -0.39 is 0 Å². The summed E-state index contributed by atoms with van der Waals surface area (Å²) in [6.07, 6.45) is 1.27. The van der Waals surface area contributed by atoms with Gasteiger partial charge < -0.3 is 10.1 Å². The van der Waals surface area contributed by atoms with Crippen LogP contribution in [0.4, 0.5) is 0 Å². The number of nitrogens with one attached hydrogen (secondary N) is 1. The molecule has 0 radical (unpaired) electrons. The molecule has 1 saturated heterocycles. The van der Waals surface area contributed by atoms with Crippen molar-refractivity contribution in [2.75, 3.05) is 34.3 Å². The first-order valence-electron chi connectivity index (χ1n) is 6.25. The summed E-state index contributed by atoms with van der Waals surface area (Å²) in [6.45, 7) is 2.27. The molecule has 1 fully saturated rings. The Labute approximate surface area is 104 Å². The van der Waals surface area contributed by atoms with Gasteiger partial charge in [0.25, 0.3) is 0 Å². The van der Waals surface area contributed by atoms with Crippen molar-refractivity contribution in [2.24, 2.45) is 5.92 Å². The van der Waals surface area contributed by atoms with Gasteiger partial charge in [-0.25, -0.2) is 0 Å². The molecule has 1 heterocycles. The fraction of sp³-hybridized carbons (Fsp3) is 0.571. The van der Waals surface area contributed by atoms with Crippen LogP contribution in [0.3, 0.4) is 0 Å². The van der Waals surface area contributed by atoms with Crippen molar-refractivity contribution < 1.29 is 4.74 Å². The van der Waals surface area contributed by atoms with E-state index in [1.807, 2.05) is 7.05 Å². The molecule has 1 aliphatic rings. The summed E-state index contributed by atoms with van der Waals surface area (Å²) < 4.78 is 5.21. The van der Waals surface area contributed by atoms with Crippen LogP contribution in [0.2, 0.25) is 0 Å². The summed E-state index contributed by atoms with van der Waals surface area (Å²) in [7, 11) is 5.95. The smallest absolute Gasteiger partial charge is 0.118 e. The molecule has 0 amide bonds. The number of likely N-dealkylation sites (tertiary alicyclic amines) is 1. The van der Waals surface area contributed by atoms with Gasteiger partial charge in [0, 0.05) is 6.04 Å². The van der Waals surface area contributed by atoms with Crippen LogP contribution < -0.4 is 10.1 Å². The lowest BCUT2D eigenvalue weighted by atomic mass is 9.93. The molecule has 17 heavy (non-hydrogen) atoms. The van der Waals surface area contributed by atoms with Crippen LogP contribution in [0.25, 0.3) is 0 Å². The first kappa shape index (κ1) is 12.4. The zero-order valence-corrected chi connectivity index (χ0v) is 10.9. The third kappa shape index (κ3) is 2.61. The number of nitrogens with zero attached hydrogens (tertiary/aromatic N) is 1. The van der Waals surface area contributed by atoms with Gasteiger partial charge in [0.2, 0.25) is 0 Å². The third-order valence-corrected chi connectivity index (χ3v) is 3.70. The van der Waals surface area contributed by atoms with Crippen molar-refractivity contribution in [1.82, 2.24) is 10.2 Å². The van der Waals surface area contributed by atoms with Gasteiger partial charge in [0.05, 0.1) is 7.11 Å². The second kappa shape index (κ2) is 5.52. The average molecular weight is 234 g/mol. The van der Waals surface area contributed by atoms with E-state index >= 15 is 0 Å². The highest BCUT2D eigenvalue weighted by Crippen LogP contribution is 2.36. The Morgan fingerprint density at radius 2 is 2.06 bits per heavy atom. The second-order valence-corrected chi connectivity index (χ2v) is 4.81. The molecule has 0 aromatic heterocycles. The number of rotatable bonds is 4. The number of hydrogen-bond donors (Lipinski definition) is 1. The lowest BCUT2D eigenvalue weighted by molar-refractivity contribution is 0.274. The van der Waals surface area contributed by atoms with Gasteiger partial charge in [-0.1, -0.05) is 12.1 Å². The summed E-state index contributed by atoms with van der Waals surface area (Å²) in [5.74, 6) is 1.64. The Bertz CT molecular complexity index is 348. The van der Waals surface area contributed by atoms with Crippen LogP contribution in [0.5, 0.6) is 5.75 Å². The molecule has 0 spiro atoms. The zero-order valence-electron chi connectivity index (χ0n) is 10.9. The predicted molar refractivity (Wildman–Crippen MR) is 70.4 cm³/mol. The van der Waals surface area contributed by atoms with Crippen LogP contribution in [0, 0.1) is 5.92 Å². The summed E-state index contributed by atoms with van der Waals surface area (Å²) in [6, 6.07) is 9.02. The van der Waals surface area contributed by atoms with E-state index in [9.17, 15) is 0 Å². The van der Waals surface area contributed by atoms with E-state index in [-0.39, 0.29) is 0 Å². The Morgan fingerprint density at radius 1 is 1.35 bits per heavy atom. The van der Waals surface area contributed by atoms with Crippen LogP contribution in [0.15, 0.2) is 24.3 Å². The Kier molecular flexibility index (Phi) is 4.02. The first-order chi connectivity index (χ1) is 8.26. The van der Waals surface area contributed by atoms with E-state index in [0.29, 0.717) is 12.0 Å². The molecule has 1 N–H and O–H groups in total. The topological polar surface area (TPSA) is 24.5 Å². The lowest BCUT2D eigenvalue weighted by Crippen LogP contribution is -2.26. The number of ether oxygens (including phenoxy) is 1. The van der Waals surface area contributed by atoms with Gasteiger partial charge in [-0.15, -0.1) is 0 Å². The molecule has 3 heteroatoms. The summed E-state index contributed by atoms with van der Waals surface area (Å²) >= 11 is 0. The van der Waals surface area contributed by atoms with Crippen molar-refractivity contribution >= 4 is 0 Å². The average Bonchev–Trinajstić information content (AvgIpc) is 2.71. The minimum absolute atomic E-state index is 0.536. The third-order valence-electron chi connectivity index (χ3n) is 3.70. The zero-order chi connectivity index (χ0) is 12.3. The molecule has 2 rings (SSSR count). The van der Waals surface area contributed by atoms with Gasteiger partial charge in [0.15, 0.2) is 0 Å². The number of methoxy groups -OCH3 is 1. The van der Waals surface area contributed by atoms with Crippen LogP contribution >= 0.6 is 0 Å². The van der Waals surface area contributed by atoms with Crippen molar-refractivity contribution in [2.45, 2.75) is 12.5 Å². The van der Waals surface area contributed by atoms with E-state index in [1.165, 1.54) is 18.5 Å². The van der Waals surface area contributed by atoms with E-state index in [1.54, 1.807) is 7.11 Å². The van der Waals surface area contributed by atoms with Gasteiger partial charge in [0.1, 0.15) is 5.75 Å². The standard InChI is InChI=1S/C14H22N2O/c1-15-10-12-8-9-16(2)14(12)11-4-6-13(17-3)7-5-11/h4-7,12,14-15H,8-10H2,1-3H3. The number of hydrogen-bond acceptors (Lipinski definition) is 3. The molecule has 1 aliphatic heterocycles. The molecule has 2 atom stereocenters. The van der Waals surface area contributed by atoms with Gasteiger partial charge in [-0.3, -0.25) is 4.90 Å². The highest BCUT2D eigenvalue weighted by Gasteiger charge is 2.32. The largest absolute Gasteiger partial charge is 0.497 e. The minimum atomic E-state index is 0.536. The van der Waals surface area contributed by atoms with Gasteiger partial charge in [-0.05, 0) is 57.2 Å². The fourth-order valence-electron chi connectivity index (χ4n) is 2.83. The van der Waals surface area contributed by atoms with Gasteiger partial charge in [-0.2, -0.15) is 0 Å². The van der Waals surface area contributed by atoms with Gasteiger partial charge >= 0.3 is 0 Å². The lowest BCUT2D eigenvalue weighted by Gasteiger charge is -2.25. The summed E-state index contributed by atoms with van der Waals surface area (Å²) in [5.41, 5.74) is 1.39. The maximum Gasteiger partial charge on any atom is 0.118 e. The first-order valence-corrected chi connectivity index (χ1v) is 6.25. The maximum absolute atomic E-state index is 5.21. The maximum atomic E-state index is 5.21. The van der Waals surface area contributed by atoms with Crippen molar-refractivity contribution in [3.05, 3.63) is 29.8 Å². The Morgan fingerprint density at radius 3 is 2.65 bits per heavy atom. The summed E-state index contributed by atoms with van der Waals surface area (Å²) in [4.78, 5) is 2.45. The molecule has 2 unspecified atom stereocenters. The summed E-state index contributed by atoms with van der Waals surface area (Å²) in [5, 5.41) is 3.30. The quantitative estimate of drug-likeness (QED) is 0.861. The molecule has 1 aromatic rings. The van der Waals surface area contributed by atoms with Crippen LogP contribution in [0.1, 0.15) is 18.0 Å². The Balaban J connectivity index is 2.17. The normalized spacial score (nSPS) is 25.1. The molecule has 94 valence electrons. The molecule has 0 saturated carbocycles. The number of benzene rings is 1. The minimum Gasteiger partial charge on any atom is -0.497 e. The van der Waals surface area contributed by atoms with Crippen LogP contribution in [-0.2, 0) is 0 Å².